The molecule has 2 aliphatic heterocycles. The third-order valence-electron chi connectivity index (χ3n) is 7.98. The van der Waals surface area contributed by atoms with Crippen molar-refractivity contribution in [3.05, 3.63) is 81.9 Å². The topological polar surface area (TPSA) is 113 Å². The smallest absolute Gasteiger partial charge is 0.404 e. The van der Waals surface area contributed by atoms with E-state index in [9.17, 15) is 10.1 Å². The number of hydrogen-bond acceptors (Lipinski definition) is 7. The molecule has 0 saturated carbocycles. The molecule has 0 radical (unpaired) electrons. The zero-order valence-corrected chi connectivity index (χ0v) is 26.1. The number of hydrogen-bond donors (Lipinski definition) is 1. The average Bonchev–Trinajstić information content (AvgIpc) is 3.39. The van der Waals surface area contributed by atoms with Crippen LogP contribution in [-0.4, -0.2) is 38.3 Å². The molecule has 1 fully saturated rings. The Bertz CT molecular complexity index is 1600. The lowest BCUT2D eigenvalue weighted by atomic mass is 9.72. The number of nitriles is 1. The molecular weight excluding hydrogens is 606 g/mol. The second-order valence-corrected chi connectivity index (χ2v) is 12.5. The Hall–Kier alpha value is -3.91. The molecule has 238 valence electrons. The highest BCUT2D eigenvalue weighted by Gasteiger charge is 2.55. The summed E-state index contributed by atoms with van der Waals surface area (Å²) in [4.78, 5) is 12.2. The largest absolute Gasteiger partial charge is 0.488 e. The number of carbonyl (C=O) groups excluding carboxylic acids is 1. The summed E-state index contributed by atoms with van der Waals surface area (Å²) in [7, 11) is 0. The maximum absolute atomic E-state index is 16.4. The molecule has 0 spiro atoms. The lowest BCUT2D eigenvalue weighted by molar-refractivity contribution is -0.165. The predicted octanol–water partition coefficient (Wildman–Crippen LogP) is 7.42. The molecule has 0 bridgehead atoms. The van der Waals surface area contributed by atoms with Crippen LogP contribution in [0.4, 0.5) is 13.6 Å². The Morgan fingerprint density at radius 2 is 1.91 bits per heavy atom. The third-order valence-corrected chi connectivity index (χ3v) is 8.35. The first kappa shape index (κ1) is 32.5. The van der Waals surface area contributed by atoms with Gasteiger partial charge in [0.25, 0.3) is 0 Å². The fraction of sp³-hybridized carbons (Fsp3) is 0.412. The van der Waals surface area contributed by atoms with E-state index in [1.54, 1.807) is 24.3 Å². The molecule has 11 heteroatoms. The number of nitrogens with zero attached hydrogens (tertiary/aromatic N) is 1. The third kappa shape index (κ3) is 6.57. The molecule has 5 rings (SSSR count). The number of primary amides is 1. The second kappa shape index (κ2) is 13.2. The molecule has 2 heterocycles. The van der Waals surface area contributed by atoms with Gasteiger partial charge in [0, 0.05) is 41.2 Å². The van der Waals surface area contributed by atoms with E-state index in [4.69, 9.17) is 41.0 Å². The van der Waals surface area contributed by atoms with E-state index >= 15 is 8.78 Å². The van der Waals surface area contributed by atoms with Crippen molar-refractivity contribution in [2.45, 2.75) is 64.4 Å². The minimum atomic E-state index is -1.40. The van der Waals surface area contributed by atoms with Gasteiger partial charge >= 0.3 is 6.09 Å². The number of benzene rings is 3. The Kier molecular flexibility index (Phi) is 9.54. The van der Waals surface area contributed by atoms with Crippen molar-refractivity contribution in [1.82, 2.24) is 0 Å². The van der Waals surface area contributed by atoms with Crippen molar-refractivity contribution in [3.63, 3.8) is 0 Å². The van der Waals surface area contributed by atoms with E-state index in [0.717, 1.165) is 25.3 Å². The molecule has 3 atom stereocenters. The minimum absolute atomic E-state index is 0.00899. The summed E-state index contributed by atoms with van der Waals surface area (Å²) in [6, 6.07) is 14.8. The molecule has 0 aliphatic carbocycles. The predicted molar refractivity (Wildman–Crippen MR) is 163 cm³/mol. The van der Waals surface area contributed by atoms with E-state index in [-0.39, 0.29) is 54.1 Å². The molecule has 1 amide bonds. The first-order valence-electron chi connectivity index (χ1n) is 14.8. The quantitative estimate of drug-likeness (QED) is 0.242. The van der Waals surface area contributed by atoms with Crippen LogP contribution in [-0.2, 0) is 26.2 Å². The SMILES string of the molecule is CC(C)(C)C(OC(N)=O)[C@@]1(c2ccccc2)Cc2c(cc(F)c(Cl)c2-c2c(C#N)ccc(OCCO[C@H]3CCCCO3)c2F)O1. The molecule has 2 aliphatic rings. The number of nitrogens with two attached hydrogens (primary N) is 1. The fourth-order valence-electron chi connectivity index (χ4n) is 6.11. The van der Waals surface area contributed by atoms with Crippen molar-refractivity contribution < 1.29 is 37.3 Å². The normalized spacial score (nSPS) is 20.1. The molecule has 1 saturated heterocycles. The van der Waals surface area contributed by atoms with E-state index in [1.807, 2.05) is 32.9 Å². The van der Waals surface area contributed by atoms with E-state index in [2.05, 4.69) is 0 Å². The summed E-state index contributed by atoms with van der Waals surface area (Å²) in [5.41, 5.74) is 3.97. The number of amides is 1. The van der Waals surface area contributed by atoms with Crippen molar-refractivity contribution in [1.29, 1.82) is 5.26 Å². The summed E-state index contributed by atoms with van der Waals surface area (Å²) < 4.78 is 61.1. The number of rotatable bonds is 9. The number of ether oxygens (including phenoxy) is 5. The highest BCUT2D eigenvalue weighted by molar-refractivity contribution is 6.34. The summed E-state index contributed by atoms with van der Waals surface area (Å²) >= 11 is 6.58. The average molecular weight is 641 g/mol. The summed E-state index contributed by atoms with van der Waals surface area (Å²) in [6.45, 7) is 6.34. The lowest BCUT2D eigenvalue weighted by Crippen LogP contribution is -2.53. The first-order chi connectivity index (χ1) is 21.5. The van der Waals surface area contributed by atoms with Crippen molar-refractivity contribution in [2.24, 2.45) is 11.1 Å². The highest BCUT2D eigenvalue weighted by atomic mass is 35.5. The van der Waals surface area contributed by atoms with Crippen molar-refractivity contribution in [3.8, 4) is 28.7 Å². The zero-order valence-electron chi connectivity index (χ0n) is 25.3. The maximum atomic E-state index is 16.4. The molecule has 45 heavy (non-hydrogen) atoms. The van der Waals surface area contributed by atoms with Gasteiger partial charge in [-0.3, -0.25) is 0 Å². The van der Waals surface area contributed by atoms with E-state index in [0.29, 0.717) is 17.7 Å². The Labute approximate surface area is 265 Å². The van der Waals surface area contributed by atoms with Crippen LogP contribution in [0, 0.1) is 28.4 Å². The van der Waals surface area contributed by atoms with Gasteiger partial charge < -0.3 is 29.4 Å². The molecule has 0 aromatic heterocycles. The molecular formula is C34H35ClF2N2O6. The monoisotopic (exact) mass is 640 g/mol. The number of fused-ring (bicyclic) bond motifs is 1. The zero-order chi connectivity index (χ0) is 32.4. The van der Waals surface area contributed by atoms with Crippen LogP contribution in [0.15, 0.2) is 48.5 Å². The van der Waals surface area contributed by atoms with Gasteiger partial charge in [0.15, 0.2) is 29.6 Å². The minimum Gasteiger partial charge on any atom is -0.488 e. The number of halogens is 3. The Morgan fingerprint density at radius 3 is 2.56 bits per heavy atom. The Morgan fingerprint density at radius 1 is 1.16 bits per heavy atom. The standard InChI is InChI=1S/C34H35ClF2N2O6/c1-33(2,3)31(44-32(39)40)34(21-9-5-4-6-10-21)18-22-25(45-34)17-23(36)29(35)28(22)27-20(19-38)12-13-24(30(27)37)41-15-16-43-26-11-7-8-14-42-26/h4-6,9-10,12-13,17,26,31H,7-8,11,14-16,18H2,1-3H3,(H2,39,40)/t26-,31?,34-/m0/s1. The van der Waals surface area contributed by atoms with Gasteiger partial charge in [0.1, 0.15) is 18.2 Å². The molecule has 2 N–H and O–H groups in total. The molecule has 1 unspecified atom stereocenters. The summed E-state index contributed by atoms with van der Waals surface area (Å²) in [5.74, 6) is -1.87. The Balaban J connectivity index is 1.59. The molecule has 3 aromatic rings. The number of carbonyl (C=O) groups is 1. The lowest BCUT2D eigenvalue weighted by Gasteiger charge is -2.43. The van der Waals surface area contributed by atoms with Crippen LogP contribution in [0.25, 0.3) is 11.1 Å². The van der Waals surface area contributed by atoms with Gasteiger partial charge in [-0.05, 0) is 37.0 Å². The van der Waals surface area contributed by atoms with Crippen LogP contribution in [0.2, 0.25) is 5.02 Å². The van der Waals surface area contributed by atoms with Crippen molar-refractivity contribution in [2.75, 3.05) is 19.8 Å². The van der Waals surface area contributed by atoms with Gasteiger partial charge in [-0.1, -0.05) is 62.7 Å². The maximum Gasteiger partial charge on any atom is 0.404 e. The van der Waals surface area contributed by atoms with Gasteiger partial charge in [-0.15, -0.1) is 0 Å². The van der Waals surface area contributed by atoms with Crippen LogP contribution >= 0.6 is 11.6 Å². The summed E-state index contributed by atoms with van der Waals surface area (Å²) in [6.07, 6.45) is 0.406. The molecule has 8 nitrogen and oxygen atoms in total. The van der Waals surface area contributed by atoms with Gasteiger partial charge in [-0.2, -0.15) is 5.26 Å². The van der Waals surface area contributed by atoms with Crippen LogP contribution in [0.5, 0.6) is 11.5 Å². The summed E-state index contributed by atoms with van der Waals surface area (Å²) in [5, 5.41) is 9.61. The van der Waals surface area contributed by atoms with E-state index < -0.39 is 39.9 Å². The first-order valence-corrected chi connectivity index (χ1v) is 15.1. The van der Waals surface area contributed by atoms with E-state index in [1.165, 1.54) is 12.1 Å². The van der Waals surface area contributed by atoms with Crippen LogP contribution in [0.3, 0.4) is 0 Å². The molecule has 3 aromatic carbocycles. The van der Waals surface area contributed by atoms with Gasteiger partial charge in [-0.25, -0.2) is 13.6 Å². The van der Waals surface area contributed by atoms with Gasteiger partial charge in [0.2, 0.25) is 0 Å². The fourth-order valence-corrected chi connectivity index (χ4v) is 6.37. The van der Waals surface area contributed by atoms with Crippen molar-refractivity contribution >= 4 is 17.7 Å². The van der Waals surface area contributed by atoms with Crippen LogP contribution < -0.4 is 15.2 Å². The second-order valence-electron chi connectivity index (χ2n) is 12.2. The van der Waals surface area contributed by atoms with Crippen LogP contribution in [0.1, 0.15) is 56.7 Å². The van der Waals surface area contributed by atoms with Gasteiger partial charge in [0.05, 0.1) is 23.3 Å². The highest BCUT2D eigenvalue weighted by Crippen LogP contribution is 2.54.